The fraction of sp³-hybridized carbons (Fsp3) is 0.308. The van der Waals surface area contributed by atoms with Gasteiger partial charge in [-0.05, 0) is 56.0 Å². The summed E-state index contributed by atoms with van der Waals surface area (Å²) in [5, 5.41) is 28.2. The van der Waals surface area contributed by atoms with Crippen molar-refractivity contribution in [3.8, 4) is 11.3 Å². The first-order chi connectivity index (χ1) is 17.0. The SMILES string of the molecule is Cn1cc2cc(-c3n[nH]c4ccc(C(=O)NC5CCCC(O)(Cn6ccnc6)C5)cc34)ccc2n1. The predicted molar refractivity (Wildman–Crippen MR) is 133 cm³/mol. The van der Waals surface area contributed by atoms with E-state index >= 15 is 0 Å². The minimum atomic E-state index is -0.858. The van der Waals surface area contributed by atoms with Crippen LogP contribution in [0.1, 0.15) is 36.0 Å². The Hall–Kier alpha value is -3.98. The number of aryl methyl sites for hydroxylation is 1. The van der Waals surface area contributed by atoms with Gasteiger partial charge in [0.05, 0.1) is 35.2 Å². The maximum Gasteiger partial charge on any atom is 0.251 e. The second kappa shape index (κ2) is 8.35. The molecule has 3 heterocycles. The number of fused-ring (bicyclic) bond motifs is 2. The molecule has 1 amide bonds. The van der Waals surface area contributed by atoms with Gasteiger partial charge in [-0.2, -0.15) is 10.2 Å². The number of amides is 1. The molecule has 0 bridgehead atoms. The third kappa shape index (κ3) is 4.19. The van der Waals surface area contributed by atoms with Crippen LogP contribution in [-0.4, -0.2) is 52.2 Å². The van der Waals surface area contributed by atoms with Crippen LogP contribution in [-0.2, 0) is 13.6 Å². The lowest BCUT2D eigenvalue weighted by atomic mass is 9.81. The van der Waals surface area contributed by atoms with Gasteiger partial charge in [-0.15, -0.1) is 0 Å². The van der Waals surface area contributed by atoms with Crippen LogP contribution in [0.2, 0.25) is 0 Å². The third-order valence-electron chi connectivity index (χ3n) is 6.91. The summed E-state index contributed by atoms with van der Waals surface area (Å²) < 4.78 is 3.68. The predicted octanol–water partition coefficient (Wildman–Crippen LogP) is 3.42. The number of aromatic amines is 1. The second-order valence-corrected chi connectivity index (χ2v) is 9.64. The van der Waals surface area contributed by atoms with Crippen LogP contribution in [0, 0.1) is 0 Å². The maximum absolute atomic E-state index is 13.2. The minimum absolute atomic E-state index is 0.0859. The Morgan fingerprint density at radius 1 is 1.29 bits per heavy atom. The molecular formula is C26H27N7O2. The molecule has 2 unspecified atom stereocenters. The Bertz CT molecular complexity index is 1520. The summed E-state index contributed by atoms with van der Waals surface area (Å²) in [5.41, 5.74) is 3.28. The highest BCUT2D eigenvalue weighted by molar-refractivity contribution is 6.02. The lowest BCUT2D eigenvalue weighted by Crippen LogP contribution is -2.47. The molecule has 3 aromatic heterocycles. The number of H-pyrrole nitrogens is 1. The standard InChI is InChI=1S/C26H27N7O2/c1-32-14-19-11-17(4-6-22(19)31-32)24-21-12-18(5-7-23(21)29-30-24)25(34)28-20-3-2-8-26(35,13-20)15-33-10-9-27-16-33/h4-7,9-12,14,16,20,35H,2-3,8,13,15H2,1H3,(H,28,34)(H,29,30). The molecule has 2 aromatic carbocycles. The van der Waals surface area contributed by atoms with E-state index in [1.54, 1.807) is 17.2 Å². The summed E-state index contributed by atoms with van der Waals surface area (Å²) in [7, 11) is 1.90. The molecule has 1 aliphatic carbocycles. The molecule has 178 valence electrons. The molecule has 35 heavy (non-hydrogen) atoms. The summed E-state index contributed by atoms with van der Waals surface area (Å²) in [6.07, 6.45) is 10.2. The molecule has 2 atom stereocenters. The van der Waals surface area contributed by atoms with Crippen LogP contribution in [0.25, 0.3) is 33.1 Å². The number of nitrogens with one attached hydrogen (secondary N) is 2. The van der Waals surface area contributed by atoms with Crippen molar-refractivity contribution in [3.63, 3.8) is 0 Å². The number of hydrogen-bond donors (Lipinski definition) is 3. The minimum Gasteiger partial charge on any atom is -0.388 e. The van der Waals surface area contributed by atoms with Gasteiger partial charge in [-0.25, -0.2) is 4.98 Å². The van der Waals surface area contributed by atoms with E-state index in [2.05, 4.69) is 31.7 Å². The molecule has 0 aliphatic heterocycles. The zero-order chi connectivity index (χ0) is 24.0. The van der Waals surface area contributed by atoms with E-state index in [1.165, 1.54) is 0 Å². The van der Waals surface area contributed by atoms with E-state index in [4.69, 9.17) is 0 Å². The van der Waals surface area contributed by atoms with Gasteiger partial charge in [0.1, 0.15) is 0 Å². The van der Waals surface area contributed by atoms with Gasteiger partial charge in [0, 0.05) is 53.6 Å². The van der Waals surface area contributed by atoms with Gasteiger partial charge in [-0.3, -0.25) is 14.6 Å². The average molecular weight is 470 g/mol. The molecule has 9 heteroatoms. The molecule has 0 radical (unpaired) electrons. The lowest BCUT2D eigenvalue weighted by Gasteiger charge is -2.37. The average Bonchev–Trinajstić information content (AvgIpc) is 3.57. The molecule has 3 N–H and O–H groups in total. The van der Waals surface area contributed by atoms with Crippen molar-refractivity contribution in [3.05, 3.63) is 66.9 Å². The van der Waals surface area contributed by atoms with Crippen LogP contribution in [0.3, 0.4) is 0 Å². The van der Waals surface area contributed by atoms with Crippen LogP contribution in [0.4, 0.5) is 0 Å². The van der Waals surface area contributed by atoms with E-state index in [1.807, 2.05) is 54.3 Å². The molecule has 1 fully saturated rings. The number of imidazole rings is 1. The van der Waals surface area contributed by atoms with E-state index < -0.39 is 5.60 Å². The quantitative estimate of drug-likeness (QED) is 0.365. The molecule has 6 rings (SSSR count). The molecule has 1 saturated carbocycles. The smallest absolute Gasteiger partial charge is 0.251 e. The highest BCUT2D eigenvalue weighted by Gasteiger charge is 2.35. The fourth-order valence-corrected chi connectivity index (χ4v) is 5.27. The van der Waals surface area contributed by atoms with Gasteiger partial charge < -0.3 is 15.0 Å². The first kappa shape index (κ1) is 21.5. The van der Waals surface area contributed by atoms with Crippen molar-refractivity contribution >= 4 is 27.7 Å². The highest BCUT2D eigenvalue weighted by Crippen LogP contribution is 2.31. The first-order valence-corrected chi connectivity index (χ1v) is 11.9. The molecule has 9 nitrogen and oxygen atoms in total. The summed E-state index contributed by atoms with van der Waals surface area (Å²) in [5.74, 6) is -0.140. The number of carbonyl (C=O) groups is 1. The van der Waals surface area contributed by atoms with E-state index in [0.29, 0.717) is 24.9 Å². The Labute approximate surface area is 201 Å². The number of carbonyl (C=O) groups excluding carboxylic acids is 1. The van der Waals surface area contributed by atoms with Crippen LogP contribution in [0.5, 0.6) is 0 Å². The molecule has 0 saturated heterocycles. The first-order valence-electron chi connectivity index (χ1n) is 11.9. The Kier molecular flexibility index (Phi) is 5.14. The second-order valence-electron chi connectivity index (χ2n) is 9.64. The molecule has 0 spiro atoms. The van der Waals surface area contributed by atoms with Crippen LogP contribution in [0.15, 0.2) is 61.3 Å². The Morgan fingerprint density at radius 3 is 3.06 bits per heavy atom. The number of hydrogen-bond acceptors (Lipinski definition) is 5. The summed E-state index contributed by atoms with van der Waals surface area (Å²) in [6, 6.07) is 11.5. The molecular weight excluding hydrogens is 442 g/mol. The Balaban J connectivity index is 1.23. The third-order valence-corrected chi connectivity index (χ3v) is 6.91. The number of nitrogens with zero attached hydrogens (tertiary/aromatic N) is 5. The largest absolute Gasteiger partial charge is 0.388 e. The van der Waals surface area contributed by atoms with Crippen molar-refractivity contribution in [1.82, 2.24) is 34.8 Å². The van der Waals surface area contributed by atoms with Gasteiger partial charge >= 0.3 is 0 Å². The maximum atomic E-state index is 13.2. The summed E-state index contributed by atoms with van der Waals surface area (Å²) >= 11 is 0. The van der Waals surface area contributed by atoms with Gasteiger partial charge in [0.15, 0.2) is 0 Å². The van der Waals surface area contributed by atoms with Gasteiger partial charge in [-0.1, -0.05) is 6.07 Å². The number of aliphatic hydroxyl groups is 1. The monoisotopic (exact) mass is 469 g/mol. The number of aromatic nitrogens is 6. The number of benzene rings is 2. The lowest BCUT2D eigenvalue weighted by molar-refractivity contribution is -0.0211. The van der Waals surface area contributed by atoms with E-state index in [9.17, 15) is 9.90 Å². The van der Waals surface area contributed by atoms with Crippen molar-refractivity contribution in [2.45, 2.75) is 43.9 Å². The summed E-state index contributed by atoms with van der Waals surface area (Å²) in [4.78, 5) is 17.2. The highest BCUT2D eigenvalue weighted by atomic mass is 16.3. The fourth-order valence-electron chi connectivity index (χ4n) is 5.27. The van der Waals surface area contributed by atoms with E-state index in [-0.39, 0.29) is 11.9 Å². The number of rotatable bonds is 5. The van der Waals surface area contributed by atoms with E-state index in [0.717, 1.165) is 45.9 Å². The Morgan fingerprint density at radius 2 is 2.20 bits per heavy atom. The topological polar surface area (TPSA) is 114 Å². The molecule has 1 aliphatic rings. The van der Waals surface area contributed by atoms with Gasteiger partial charge in [0.25, 0.3) is 5.91 Å². The summed E-state index contributed by atoms with van der Waals surface area (Å²) in [6.45, 7) is 0.477. The normalized spacial score (nSPS) is 20.5. The molecule has 5 aromatic rings. The van der Waals surface area contributed by atoms with Crippen molar-refractivity contribution in [1.29, 1.82) is 0 Å². The van der Waals surface area contributed by atoms with Gasteiger partial charge in [0.2, 0.25) is 0 Å². The van der Waals surface area contributed by atoms with Crippen LogP contribution < -0.4 is 5.32 Å². The zero-order valence-corrected chi connectivity index (χ0v) is 19.5. The van der Waals surface area contributed by atoms with Crippen molar-refractivity contribution in [2.75, 3.05) is 0 Å². The van der Waals surface area contributed by atoms with Crippen LogP contribution >= 0.6 is 0 Å². The van der Waals surface area contributed by atoms with Crippen molar-refractivity contribution < 1.29 is 9.90 Å². The van der Waals surface area contributed by atoms with Crippen molar-refractivity contribution in [2.24, 2.45) is 7.05 Å². The zero-order valence-electron chi connectivity index (χ0n) is 19.5.